The van der Waals surface area contributed by atoms with Crippen molar-refractivity contribution in [3.8, 4) is 0 Å². The minimum absolute atomic E-state index is 0.117. The molecule has 0 aromatic carbocycles. The van der Waals surface area contributed by atoms with E-state index >= 15 is 0 Å². The van der Waals surface area contributed by atoms with Crippen molar-refractivity contribution >= 4 is 17.5 Å². The molecule has 1 aromatic heterocycles. The highest BCUT2D eigenvalue weighted by Gasteiger charge is 2.36. The van der Waals surface area contributed by atoms with Gasteiger partial charge in [-0.1, -0.05) is 11.6 Å². The van der Waals surface area contributed by atoms with Crippen LogP contribution in [0, 0.1) is 0 Å². The van der Waals surface area contributed by atoms with Crippen molar-refractivity contribution in [3.05, 3.63) is 29.0 Å². The van der Waals surface area contributed by atoms with Gasteiger partial charge in [-0.15, -0.1) is 0 Å². The predicted octanol–water partition coefficient (Wildman–Crippen LogP) is 1.35. The summed E-state index contributed by atoms with van der Waals surface area (Å²) in [7, 11) is 0. The summed E-state index contributed by atoms with van der Waals surface area (Å²) in [6, 6.07) is 3.32. The Morgan fingerprint density at radius 2 is 2.42 bits per heavy atom. The van der Waals surface area contributed by atoms with E-state index in [1.165, 1.54) is 0 Å². The fraction of sp³-hybridized carbons (Fsp3) is 0.538. The Morgan fingerprint density at radius 3 is 3.05 bits per heavy atom. The van der Waals surface area contributed by atoms with Crippen LogP contribution < -0.4 is 0 Å². The molecule has 19 heavy (non-hydrogen) atoms. The maximum atomic E-state index is 12.4. The first-order chi connectivity index (χ1) is 8.93. The summed E-state index contributed by atoms with van der Waals surface area (Å²) in [5.74, 6) is -0.187. The maximum absolute atomic E-state index is 12.4. The van der Waals surface area contributed by atoms with Crippen LogP contribution in [0.4, 0.5) is 0 Å². The highest BCUT2D eigenvalue weighted by atomic mass is 35.5. The van der Waals surface area contributed by atoms with Crippen LogP contribution in [0.5, 0.6) is 0 Å². The number of rotatable bonds is 2. The molecule has 1 fully saturated rings. The zero-order valence-corrected chi connectivity index (χ0v) is 11.7. The zero-order chi connectivity index (χ0) is 14.0. The number of carbonyl (C=O) groups excluding carboxylic acids is 1. The van der Waals surface area contributed by atoms with Crippen molar-refractivity contribution in [1.82, 2.24) is 9.88 Å². The van der Waals surface area contributed by atoms with Crippen LogP contribution in [0.15, 0.2) is 18.3 Å². The van der Waals surface area contributed by atoms with Gasteiger partial charge in [0.05, 0.1) is 23.9 Å². The molecule has 104 valence electrons. The van der Waals surface area contributed by atoms with Gasteiger partial charge >= 0.3 is 0 Å². The van der Waals surface area contributed by atoms with Gasteiger partial charge in [-0.25, -0.2) is 4.98 Å². The molecule has 0 spiro atoms. The third-order valence-electron chi connectivity index (χ3n) is 2.96. The van der Waals surface area contributed by atoms with Gasteiger partial charge in [0, 0.05) is 19.3 Å². The molecule has 5 nitrogen and oxygen atoms in total. The molecule has 6 heteroatoms. The smallest absolute Gasteiger partial charge is 0.257 e. The summed E-state index contributed by atoms with van der Waals surface area (Å²) in [5, 5.41) is 9.44. The molecular weight excluding hydrogens is 268 g/mol. The van der Waals surface area contributed by atoms with E-state index in [9.17, 15) is 9.90 Å². The molecule has 1 aromatic rings. The molecule has 1 aliphatic heterocycles. The molecule has 2 heterocycles. The molecule has 1 aliphatic rings. The number of carbonyl (C=O) groups is 1. The van der Waals surface area contributed by atoms with Crippen molar-refractivity contribution in [1.29, 1.82) is 0 Å². The van der Waals surface area contributed by atoms with E-state index in [-0.39, 0.29) is 23.8 Å². The van der Waals surface area contributed by atoms with Crippen LogP contribution in [-0.4, -0.2) is 52.3 Å². The molecule has 0 radical (unpaired) electrons. The lowest BCUT2D eigenvalue weighted by atomic mass is 10.0. The first-order valence-electron chi connectivity index (χ1n) is 6.11. The van der Waals surface area contributed by atoms with Gasteiger partial charge in [0.25, 0.3) is 5.91 Å². The van der Waals surface area contributed by atoms with Crippen molar-refractivity contribution in [2.24, 2.45) is 0 Å². The van der Waals surface area contributed by atoms with Gasteiger partial charge in [-0.2, -0.15) is 0 Å². The second-order valence-corrected chi connectivity index (χ2v) is 5.57. The molecule has 2 rings (SSSR count). The molecule has 1 amide bonds. The zero-order valence-electron chi connectivity index (χ0n) is 11.0. The van der Waals surface area contributed by atoms with Crippen LogP contribution in [0.2, 0.25) is 5.15 Å². The van der Waals surface area contributed by atoms with Crippen molar-refractivity contribution in [2.75, 3.05) is 19.7 Å². The molecule has 1 unspecified atom stereocenters. The number of ether oxygens (including phenoxy) is 1. The van der Waals surface area contributed by atoms with Crippen LogP contribution in [0.3, 0.4) is 0 Å². The second kappa shape index (κ2) is 5.45. The molecule has 1 atom stereocenters. The first kappa shape index (κ1) is 14.2. The highest BCUT2D eigenvalue weighted by molar-refractivity contribution is 6.32. The fourth-order valence-corrected chi connectivity index (χ4v) is 2.46. The van der Waals surface area contributed by atoms with E-state index in [0.29, 0.717) is 18.7 Å². The lowest BCUT2D eigenvalue weighted by Gasteiger charge is -2.42. The minimum Gasteiger partial charge on any atom is -0.394 e. The van der Waals surface area contributed by atoms with E-state index in [4.69, 9.17) is 16.3 Å². The Kier molecular flexibility index (Phi) is 4.08. The number of aliphatic hydroxyl groups excluding tert-OH is 1. The Balaban J connectivity index is 2.21. The van der Waals surface area contributed by atoms with Gasteiger partial charge < -0.3 is 14.7 Å². The average molecular weight is 285 g/mol. The standard InChI is InChI=1S/C13H17ClN2O3/c1-13(2)8-16(6-9(7-17)19-13)12(18)10-4-3-5-15-11(10)14/h3-5,9,17H,6-8H2,1-2H3. The Morgan fingerprint density at radius 1 is 1.68 bits per heavy atom. The average Bonchev–Trinajstić information content (AvgIpc) is 2.36. The summed E-state index contributed by atoms with van der Waals surface area (Å²) >= 11 is 5.94. The van der Waals surface area contributed by atoms with Crippen LogP contribution >= 0.6 is 11.6 Å². The number of aliphatic hydroxyl groups is 1. The van der Waals surface area contributed by atoms with Gasteiger partial charge in [0.2, 0.25) is 0 Å². The topological polar surface area (TPSA) is 62.7 Å². The van der Waals surface area contributed by atoms with E-state index in [2.05, 4.69) is 4.98 Å². The van der Waals surface area contributed by atoms with Crippen molar-refractivity contribution in [2.45, 2.75) is 25.6 Å². The Labute approximate surface area is 117 Å². The number of hydrogen-bond acceptors (Lipinski definition) is 4. The lowest BCUT2D eigenvalue weighted by Crippen LogP contribution is -2.55. The highest BCUT2D eigenvalue weighted by Crippen LogP contribution is 2.23. The van der Waals surface area contributed by atoms with E-state index < -0.39 is 5.60 Å². The number of nitrogens with zero attached hydrogens (tertiary/aromatic N) is 2. The third-order valence-corrected chi connectivity index (χ3v) is 3.26. The van der Waals surface area contributed by atoms with E-state index in [1.54, 1.807) is 23.2 Å². The molecule has 0 saturated carbocycles. The summed E-state index contributed by atoms with van der Waals surface area (Å²) in [6.07, 6.45) is 1.17. The monoisotopic (exact) mass is 284 g/mol. The van der Waals surface area contributed by atoms with Gasteiger partial charge in [-0.05, 0) is 26.0 Å². The number of hydrogen-bond donors (Lipinski definition) is 1. The van der Waals surface area contributed by atoms with Gasteiger partial charge in [0.1, 0.15) is 5.15 Å². The second-order valence-electron chi connectivity index (χ2n) is 5.21. The molecule has 1 saturated heterocycles. The number of aromatic nitrogens is 1. The third kappa shape index (κ3) is 3.23. The number of halogens is 1. The first-order valence-corrected chi connectivity index (χ1v) is 6.49. The Bertz CT molecular complexity index is 479. The molecule has 1 N–H and O–H groups in total. The van der Waals surface area contributed by atoms with Gasteiger partial charge in [-0.3, -0.25) is 4.79 Å². The van der Waals surface area contributed by atoms with Crippen LogP contribution in [0.1, 0.15) is 24.2 Å². The number of morpholine rings is 1. The number of pyridine rings is 1. The molecular formula is C13H17ClN2O3. The normalized spacial score (nSPS) is 22.3. The van der Waals surface area contributed by atoms with Crippen LogP contribution in [-0.2, 0) is 4.74 Å². The summed E-state index contributed by atoms with van der Waals surface area (Å²) in [4.78, 5) is 18.0. The Hall–Kier alpha value is -1.17. The lowest BCUT2D eigenvalue weighted by molar-refractivity contribution is -0.139. The fourth-order valence-electron chi connectivity index (χ4n) is 2.26. The minimum atomic E-state index is -0.490. The quantitative estimate of drug-likeness (QED) is 0.833. The molecule has 0 aliphatic carbocycles. The summed E-state index contributed by atoms with van der Waals surface area (Å²) in [5.41, 5.74) is -0.116. The van der Waals surface area contributed by atoms with Crippen LogP contribution in [0.25, 0.3) is 0 Å². The predicted molar refractivity (Wildman–Crippen MR) is 71.2 cm³/mol. The van der Waals surface area contributed by atoms with E-state index in [1.807, 2.05) is 13.8 Å². The summed E-state index contributed by atoms with van der Waals surface area (Å²) in [6.45, 7) is 4.46. The maximum Gasteiger partial charge on any atom is 0.257 e. The van der Waals surface area contributed by atoms with Crippen molar-refractivity contribution < 1.29 is 14.6 Å². The SMILES string of the molecule is CC1(C)CN(C(=O)c2cccnc2Cl)CC(CO)O1. The number of amides is 1. The molecule has 0 bridgehead atoms. The largest absolute Gasteiger partial charge is 0.394 e. The van der Waals surface area contributed by atoms with E-state index in [0.717, 1.165) is 0 Å². The van der Waals surface area contributed by atoms with Crippen molar-refractivity contribution in [3.63, 3.8) is 0 Å². The van der Waals surface area contributed by atoms with Gasteiger partial charge in [0.15, 0.2) is 0 Å². The summed E-state index contributed by atoms with van der Waals surface area (Å²) < 4.78 is 5.68.